The van der Waals surface area contributed by atoms with E-state index >= 15 is 0 Å². The molecule has 1 saturated carbocycles. The van der Waals surface area contributed by atoms with E-state index in [0.29, 0.717) is 0 Å². The van der Waals surface area contributed by atoms with Crippen LogP contribution in [0.5, 0.6) is 0 Å². The maximum Gasteiger partial charge on any atom is 0.0565 e. The normalized spacial score (nSPS) is 24.0. The molecule has 0 spiro atoms. The maximum atomic E-state index is 9.63. The van der Waals surface area contributed by atoms with Crippen molar-refractivity contribution in [3.8, 4) is 0 Å². The van der Waals surface area contributed by atoms with Gasteiger partial charge in [-0.05, 0) is 31.1 Å². The Morgan fingerprint density at radius 3 is 2.08 bits per heavy atom. The molecule has 0 aliphatic heterocycles. The minimum atomic E-state index is -0.166. The van der Waals surface area contributed by atoms with Gasteiger partial charge in [-0.15, -0.1) is 0 Å². The van der Waals surface area contributed by atoms with Gasteiger partial charge in [0.2, 0.25) is 0 Å². The van der Waals surface area contributed by atoms with E-state index in [1.165, 1.54) is 32.1 Å². The fourth-order valence-electron chi connectivity index (χ4n) is 2.19. The molecule has 1 fully saturated rings. The standard InChI is InChI=1S/C11H22O/c1-9(12)11(2,3)10-7-5-4-6-8-10/h9-10,12H,4-8H2,1-3H3. The molecule has 1 nitrogen and oxygen atoms in total. The molecule has 1 atom stereocenters. The Hall–Kier alpha value is -0.0400. The first kappa shape index (κ1) is 10.0. The van der Waals surface area contributed by atoms with E-state index < -0.39 is 0 Å². The van der Waals surface area contributed by atoms with Gasteiger partial charge in [0.25, 0.3) is 0 Å². The van der Waals surface area contributed by atoms with Crippen molar-refractivity contribution in [2.24, 2.45) is 11.3 Å². The Balaban J connectivity index is 2.53. The second kappa shape index (κ2) is 3.78. The molecule has 0 bridgehead atoms. The van der Waals surface area contributed by atoms with Crippen molar-refractivity contribution in [2.75, 3.05) is 0 Å². The summed E-state index contributed by atoms with van der Waals surface area (Å²) in [7, 11) is 0. The van der Waals surface area contributed by atoms with Crippen molar-refractivity contribution in [1.29, 1.82) is 0 Å². The molecule has 1 aliphatic rings. The van der Waals surface area contributed by atoms with Gasteiger partial charge < -0.3 is 5.11 Å². The number of hydrogen-bond donors (Lipinski definition) is 1. The summed E-state index contributed by atoms with van der Waals surface area (Å²) in [6.07, 6.45) is 6.59. The van der Waals surface area contributed by atoms with Crippen LogP contribution in [0.15, 0.2) is 0 Å². The molecule has 0 radical (unpaired) electrons. The molecule has 0 heterocycles. The first-order chi connectivity index (χ1) is 5.55. The lowest BCUT2D eigenvalue weighted by molar-refractivity contribution is 0.00552. The highest BCUT2D eigenvalue weighted by molar-refractivity contribution is 4.84. The molecule has 1 aliphatic carbocycles. The van der Waals surface area contributed by atoms with Crippen molar-refractivity contribution in [2.45, 2.75) is 59.0 Å². The summed E-state index contributed by atoms with van der Waals surface area (Å²) in [5, 5.41) is 9.63. The molecule has 72 valence electrons. The SMILES string of the molecule is CC(O)C(C)(C)C1CCCCC1. The predicted octanol–water partition coefficient (Wildman–Crippen LogP) is 2.97. The van der Waals surface area contributed by atoms with E-state index in [-0.39, 0.29) is 11.5 Å². The molecule has 1 N–H and O–H groups in total. The molecule has 0 aromatic rings. The lowest BCUT2D eigenvalue weighted by Gasteiger charge is -2.39. The molecule has 1 heteroatoms. The fourth-order valence-corrected chi connectivity index (χ4v) is 2.19. The number of aliphatic hydroxyl groups excluding tert-OH is 1. The summed E-state index contributed by atoms with van der Waals surface area (Å²) >= 11 is 0. The predicted molar refractivity (Wildman–Crippen MR) is 52.0 cm³/mol. The van der Waals surface area contributed by atoms with Crippen LogP contribution in [0.4, 0.5) is 0 Å². The van der Waals surface area contributed by atoms with Gasteiger partial charge in [-0.2, -0.15) is 0 Å². The van der Waals surface area contributed by atoms with Crippen LogP contribution in [0.2, 0.25) is 0 Å². The van der Waals surface area contributed by atoms with Gasteiger partial charge in [0.15, 0.2) is 0 Å². The van der Waals surface area contributed by atoms with Crippen LogP contribution >= 0.6 is 0 Å². The van der Waals surface area contributed by atoms with Crippen LogP contribution in [0, 0.1) is 11.3 Å². The van der Waals surface area contributed by atoms with E-state index in [2.05, 4.69) is 13.8 Å². The van der Waals surface area contributed by atoms with Crippen molar-refractivity contribution in [3.63, 3.8) is 0 Å². The van der Waals surface area contributed by atoms with Crippen LogP contribution < -0.4 is 0 Å². The molecule has 0 amide bonds. The Morgan fingerprint density at radius 2 is 1.67 bits per heavy atom. The van der Waals surface area contributed by atoms with Crippen LogP contribution in [0.1, 0.15) is 52.9 Å². The fraction of sp³-hybridized carbons (Fsp3) is 1.00. The van der Waals surface area contributed by atoms with Gasteiger partial charge in [-0.25, -0.2) is 0 Å². The van der Waals surface area contributed by atoms with Crippen LogP contribution in [-0.4, -0.2) is 11.2 Å². The van der Waals surface area contributed by atoms with Crippen molar-refractivity contribution < 1.29 is 5.11 Å². The largest absolute Gasteiger partial charge is 0.393 e. The number of hydrogen-bond acceptors (Lipinski definition) is 1. The first-order valence-electron chi connectivity index (χ1n) is 5.23. The minimum Gasteiger partial charge on any atom is -0.393 e. The van der Waals surface area contributed by atoms with Gasteiger partial charge in [-0.3, -0.25) is 0 Å². The van der Waals surface area contributed by atoms with Crippen LogP contribution in [0.25, 0.3) is 0 Å². The highest BCUT2D eigenvalue weighted by Gasteiger charge is 2.34. The molecule has 1 unspecified atom stereocenters. The Labute approximate surface area is 76.2 Å². The van der Waals surface area contributed by atoms with E-state index in [0.717, 1.165) is 5.92 Å². The summed E-state index contributed by atoms with van der Waals surface area (Å²) < 4.78 is 0. The van der Waals surface area contributed by atoms with E-state index in [1.807, 2.05) is 6.92 Å². The number of rotatable bonds is 2. The molecular weight excluding hydrogens is 148 g/mol. The van der Waals surface area contributed by atoms with Crippen molar-refractivity contribution in [3.05, 3.63) is 0 Å². The third kappa shape index (κ3) is 2.01. The van der Waals surface area contributed by atoms with Gasteiger partial charge >= 0.3 is 0 Å². The summed E-state index contributed by atoms with van der Waals surface area (Å²) in [5.74, 6) is 0.742. The molecule has 0 aromatic heterocycles. The highest BCUT2D eigenvalue weighted by Crippen LogP contribution is 2.40. The van der Waals surface area contributed by atoms with E-state index in [9.17, 15) is 5.11 Å². The first-order valence-corrected chi connectivity index (χ1v) is 5.23. The Bertz CT molecular complexity index is 132. The van der Waals surface area contributed by atoms with Crippen LogP contribution in [-0.2, 0) is 0 Å². The average Bonchev–Trinajstić information content (AvgIpc) is 2.06. The summed E-state index contributed by atoms with van der Waals surface area (Å²) in [5.41, 5.74) is 0.125. The Morgan fingerprint density at radius 1 is 1.17 bits per heavy atom. The average molecular weight is 170 g/mol. The lowest BCUT2D eigenvalue weighted by atomic mass is 9.68. The maximum absolute atomic E-state index is 9.63. The molecule has 0 saturated heterocycles. The van der Waals surface area contributed by atoms with Gasteiger partial charge in [-0.1, -0.05) is 33.1 Å². The lowest BCUT2D eigenvalue weighted by Crippen LogP contribution is -2.35. The van der Waals surface area contributed by atoms with E-state index in [4.69, 9.17) is 0 Å². The van der Waals surface area contributed by atoms with Gasteiger partial charge in [0.1, 0.15) is 0 Å². The smallest absolute Gasteiger partial charge is 0.0565 e. The Kier molecular flexibility index (Phi) is 3.16. The third-order valence-electron chi connectivity index (χ3n) is 3.73. The highest BCUT2D eigenvalue weighted by atomic mass is 16.3. The summed E-state index contributed by atoms with van der Waals surface area (Å²) in [6.45, 7) is 6.33. The molecule has 12 heavy (non-hydrogen) atoms. The van der Waals surface area contributed by atoms with Gasteiger partial charge in [0, 0.05) is 0 Å². The second-order valence-electron chi connectivity index (χ2n) is 4.83. The summed E-state index contributed by atoms with van der Waals surface area (Å²) in [4.78, 5) is 0. The zero-order chi connectivity index (χ0) is 9.19. The van der Waals surface area contributed by atoms with Crippen molar-refractivity contribution >= 4 is 0 Å². The third-order valence-corrected chi connectivity index (χ3v) is 3.73. The topological polar surface area (TPSA) is 20.2 Å². The van der Waals surface area contributed by atoms with Crippen LogP contribution in [0.3, 0.4) is 0 Å². The zero-order valence-corrected chi connectivity index (χ0v) is 8.64. The minimum absolute atomic E-state index is 0.125. The molecular formula is C11H22O. The summed E-state index contributed by atoms with van der Waals surface area (Å²) in [6, 6.07) is 0. The van der Waals surface area contributed by atoms with E-state index in [1.54, 1.807) is 0 Å². The van der Waals surface area contributed by atoms with Crippen molar-refractivity contribution in [1.82, 2.24) is 0 Å². The molecule has 0 aromatic carbocycles. The second-order valence-corrected chi connectivity index (χ2v) is 4.83. The number of aliphatic hydroxyl groups is 1. The quantitative estimate of drug-likeness (QED) is 0.675. The zero-order valence-electron chi connectivity index (χ0n) is 8.64. The molecule has 1 rings (SSSR count). The monoisotopic (exact) mass is 170 g/mol. The van der Waals surface area contributed by atoms with Gasteiger partial charge in [0.05, 0.1) is 6.10 Å².